The first-order chi connectivity index (χ1) is 10.7. The molecule has 0 radical (unpaired) electrons. The molecule has 4 rings (SSSR count). The lowest BCUT2D eigenvalue weighted by molar-refractivity contribution is 0.157. The second kappa shape index (κ2) is 8.40. The number of halogens is 2. The van der Waals surface area contributed by atoms with Gasteiger partial charge in [-0.25, -0.2) is 0 Å². The standard InChI is InChI=1S/C20H30N2.2ClH/c1-15-8-6-7-11-18(15)20-19-14-22(13-16(19)12-21(20)2)17-9-4-3-5-10-17;;/h6-8,11,16-17,19-20H,3-5,9-10,12-14H2,1-2H3;2*1H/t16-,19+,20-;;/m0../s1. The van der Waals surface area contributed by atoms with E-state index in [0.29, 0.717) is 6.04 Å². The van der Waals surface area contributed by atoms with Crippen LogP contribution in [0.3, 0.4) is 0 Å². The molecular weight excluding hydrogens is 339 g/mol. The SMILES string of the molecule is Cc1ccccc1[C@H]1[C@@H]2CN(C3CCCCC3)C[C@@H]2CN1C.Cl.Cl. The lowest BCUT2D eigenvalue weighted by Crippen LogP contribution is -2.37. The molecule has 0 aromatic heterocycles. The van der Waals surface area contributed by atoms with Crippen LogP contribution in [0.4, 0.5) is 0 Å². The quantitative estimate of drug-likeness (QED) is 0.743. The minimum Gasteiger partial charge on any atom is -0.300 e. The number of hydrogen-bond donors (Lipinski definition) is 0. The first-order valence-electron chi connectivity index (χ1n) is 9.24. The van der Waals surface area contributed by atoms with Gasteiger partial charge in [0.15, 0.2) is 0 Å². The van der Waals surface area contributed by atoms with Gasteiger partial charge in [0.2, 0.25) is 0 Å². The highest BCUT2D eigenvalue weighted by molar-refractivity contribution is 5.85. The molecule has 0 unspecified atom stereocenters. The minimum atomic E-state index is 0. The van der Waals surface area contributed by atoms with E-state index in [0.717, 1.165) is 17.9 Å². The number of benzene rings is 1. The van der Waals surface area contributed by atoms with Crippen molar-refractivity contribution in [1.82, 2.24) is 9.80 Å². The summed E-state index contributed by atoms with van der Waals surface area (Å²) in [5, 5.41) is 0. The Hall–Kier alpha value is -0.280. The van der Waals surface area contributed by atoms with E-state index in [9.17, 15) is 0 Å². The Labute approximate surface area is 159 Å². The third-order valence-electron chi connectivity index (χ3n) is 6.52. The number of aryl methyl sites for hydroxylation is 1. The molecule has 2 nitrogen and oxygen atoms in total. The molecule has 24 heavy (non-hydrogen) atoms. The third-order valence-corrected chi connectivity index (χ3v) is 6.52. The Morgan fingerprint density at radius 2 is 1.62 bits per heavy atom. The van der Waals surface area contributed by atoms with E-state index in [2.05, 4.69) is 48.0 Å². The summed E-state index contributed by atoms with van der Waals surface area (Å²) in [6.45, 7) is 6.25. The smallest absolute Gasteiger partial charge is 0.0391 e. The Balaban J connectivity index is 0.00000104. The monoisotopic (exact) mass is 370 g/mol. The average Bonchev–Trinajstić information content (AvgIpc) is 3.06. The summed E-state index contributed by atoms with van der Waals surface area (Å²) < 4.78 is 0. The summed E-state index contributed by atoms with van der Waals surface area (Å²) in [6, 6.07) is 10.6. The van der Waals surface area contributed by atoms with Gasteiger partial charge >= 0.3 is 0 Å². The lowest BCUT2D eigenvalue weighted by Gasteiger charge is -2.33. The molecule has 2 saturated heterocycles. The van der Waals surface area contributed by atoms with Crippen LogP contribution in [0, 0.1) is 18.8 Å². The Morgan fingerprint density at radius 1 is 0.917 bits per heavy atom. The maximum atomic E-state index is 2.85. The molecule has 3 atom stereocenters. The van der Waals surface area contributed by atoms with Crippen molar-refractivity contribution in [3.05, 3.63) is 35.4 Å². The predicted octanol–water partition coefficient (Wildman–Crippen LogP) is 4.71. The van der Waals surface area contributed by atoms with E-state index in [1.165, 1.54) is 57.3 Å². The second-order valence-corrected chi connectivity index (χ2v) is 7.91. The molecule has 0 spiro atoms. The van der Waals surface area contributed by atoms with E-state index in [-0.39, 0.29) is 24.8 Å². The van der Waals surface area contributed by atoms with Crippen molar-refractivity contribution in [1.29, 1.82) is 0 Å². The van der Waals surface area contributed by atoms with Crippen molar-refractivity contribution in [2.24, 2.45) is 11.8 Å². The largest absolute Gasteiger partial charge is 0.300 e. The topological polar surface area (TPSA) is 6.48 Å². The predicted molar refractivity (Wildman–Crippen MR) is 106 cm³/mol. The molecule has 136 valence electrons. The van der Waals surface area contributed by atoms with Crippen LogP contribution in [-0.2, 0) is 0 Å². The number of nitrogens with zero attached hydrogens (tertiary/aromatic N) is 2. The van der Waals surface area contributed by atoms with Crippen LogP contribution in [0.5, 0.6) is 0 Å². The minimum absolute atomic E-state index is 0. The van der Waals surface area contributed by atoms with Gasteiger partial charge in [-0.2, -0.15) is 0 Å². The molecule has 0 N–H and O–H groups in total. The van der Waals surface area contributed by atoms with Crippen molar-refractivity contribution < 1.29 is 0 Å². The van der Waals surface area contributed by atoms with Gasteiger partial charge in [-0.05, 0) is 49.8 Å². The van der Waals surface area contributed by atoms with Crippen LogP contribution < -0.4 is 0 Å². The van der Waals surface area contributed by atoms with Gasteiger partial charge in [-0.15, -0.1) is 24.8 Å². The van der Waals surface area contributed by atoms with E-state index in [1.807, 2.05) is 0 Å². The molecule has 1 aliphatic carbocycles. The van der Waals surface area contributed by atoms with Crippen LogP contribution in [0.15, 0.2) is 24.3 Å². The molecule has 2 heterocycles. The normalized spacial score (nSPS) is 31.3. The maximum Gasteiger partial charge on any atom is 0.0391 e. The number of fused-ring (bicyclic) bond motifs is 1. The van der Waals surface area contributed by atoms with Crippen molar-refractivity contribution >= 4 is 24.8 Å². The Bertz CT molecular complexity index is 530. The molecule has 1 saturated carbocycles. The van der Waals surface area contributed by atoms with Gasteiger partial charge in [-0.3, -0.25) is 9.80 Å². The maximum absolute atomic E-state index is 2.85. The number of hydrogen-bond acceptors (Lipinski definition) is 2. The van der Waals surface area contributed by atoms with E-state index in [1.54, 1.807) is 5.56 Å². The third kappa shape index (κ3) is 3.62. The van der Waals surface area contributed by atoms with Crippen LogP contribution in [-0.4, -0.2) is 42.5 Å². The zero-order valence-corrected chi connectivity index (χ0v) is 16.6. The fraction of sp³-hybridized carbons (Fsp3) is 0.700. The lowest BCUT2D eigenvalue weighted by atomic mass is 9.88. The molecule has 0 amide bonds. The summed E-state index contributed by atoms with van der Waals surface area (Å²) in [5.74, 6) is 1.73. The molecular formula is C20H32Cl2N2. The first kappa shape index (κ1) is 20.0. The van der Waals surface area contributed by atoms with Crippen LogP contribution >= 0.6 is 24.8 Å². The highest BCUT2D eigenvalue weighted by Gasteiger charge is 2.47. The van der Waals surface area contributed by atoms with Crippen molar-refractivity contribution in [3.8, 4) is 0 Å². The molecule has 4 heteroatoms. The second-order valence-electron chi connectivity index (χ2n) is 7.91. The van der Waals surface area contributed by atoms with E-state index in [4.69, 9.17) is 0 Å². The van der Waals surface area contributed by atoms with Crippen molar-refractivity contribution in [2.75, 3.05) is 26.7 Å². The fourth-order valence-corrected chi connectivity index (χ4v) is 5.42. The molecule has 3 fully saturated rings. The summed E-state index contributed by atoms with van der Waals surface area (Å²) in [5.41, 5.74) is 3.04. The van der Waals surface area contributed by atoms with Crippen molar-refractivity contribution in [3.63, 3.8) is 0 Å². The van der Waals surface area contributed by atoms with E-state index >= 15 is 0 Å². The first-order valence-corrected chi connectivity index (χ1v) is 9.24. The zero-order chi connectivity index (χ0) is 15.1. The van der Waals surface area contributed by atoms with Gasteiger partial charge in [-0.1, -0.05) is 43.5 Å². The zero-order valence-electron chi connectivity index (χ0n) is 15.0. The summed E-state index contributed by atoms with van der Waals surface area (Å²) in [6.07, 6.45) is 7.27. The average molecular weight is 371 g/mol. The van der Waals surface area contributed by atoms with Gasteiger partial charge in [0.05, 0.1) is 0 Å². The molecule has 0 bridgehead atoms. The van der Waals surface area contributed by atoms with Crippen LogP contribution in [0.25, 0.3) is 0 Å². The summed E-state index contributed by atoms with van der Waals surface area (Å²) >= 11 is 0. The van der Waals surface area contributed by atoms with Crippen LogP contribution in [0.1, 0.15) is 49.3 Å². The van der Waals surface area contributed by atoms with Gasteiger partial charge in [0.1, 0.15) is 0 Å². The summed E-state index contributed by atoms with van der Waals surface area (Å²) in [7, 11) is 2.33. The van der Waals surface area contributed by atoms with E-state index < -0.39 is 0 Å². The van der Waals surface area contributed by atoms with Gasteiger partial charge in [0, 0.05) is 31.7 Å². The van der Waals surface area contributed by atoms with Crippen LogP contribution in [0.2, 0.25) is 0 Å². The van der Waals surface area contributed by atoms with Crippen molar-refractivity contribution in [2.45, 2.75) is 51.1 Å². The summed E-state index contributed by atoms with van der Waals surface area (Å²) in [4.78, 5) is 5.47. The van der Waals surface area contributed by atoms with Gasteiger partial charge in [0.25, 0.3) is 0 Å². The van der Waals surface area contributed by atoms with Gasteiger partial charge < -0.3 is 0 Å². The molecule has 3 aliphatic rings. The number of likely N-dealkylation sites (tertiary alicyclic amines) is 2. The molecule has 2 aliphatic heterocycles. The highest BCUT2D eigenvalue weighted by Crippen LogP contribution is 2.46. The Morgan fingerprint density at radius 3 is 2.33 bits per heavy atom. The molecule has 1 aromatic carbocycles. The Kier molecular flexibility index (Phi) is 7.01. The fourth-order valence-electron chi connectivity index (χ4n) is 5.42. The molecule has 1 aromatic rings. The highest BCUT2D eigenvalue weighted by atomic mass is 35.5. The number of rotatable bonds is 2.